The summed E-state index contributed by atoms with van der Waals surface area (Å²) in [5.74, 6) is -0.00824. The van der Waals surface area contributed by atoms with Crippen molar-refractivity contribution in [2.45, 2.75) is 12.3 Å². The van der Waals surface area contributed by atoms with Gasteiger partial charge in [-0.15, -0.1) is 0 Å². The van der Waals surface area contributed by atoms with Crippen LogP contribution in [0.25, 0.3) is 0 Å². The van der Waals surface area contributed by atoms with Crippen LogP contribution in [0.4, 0.5) is 0 Å². The lowest BCUT2D eigenvalue weighted by Crippen LogP contribution is -2.24. The topological polar surface area (TPSA) is 74.8 Å². The molecule has 0 saturated heterocycles. The van der Waals surface area contributed by atoms with Gasteiger partial charge < -0.3 is 0 Å². The van der Waals surface area contributed by atoms with Crippen LogP contribution in [0.15, 0.2) is 42.7 Å². The summed E-state index contributed by atoms with van der Waals surface area (Å²) in [5.41, 5.74) is 1.58. The highest BCUT2D eigenvalue weighted by Gasteiger charge is 2.10. The van der Waals surface area contributed by atoms with Gasteiger partial charge in [0.2, 0.25) is 10.0 Å². The highest BCUT2D eigenvalue weighted by atomic mass is 32.2. The molecule has 2 N–H and O–H groups in total. The van der Waals surface area contributed by atoms with Crippen LogP contribution in [0.1, 0.15) is 11.1 Å². The molecule has 6 heteroatoms. The molecule has 2 aromatic rings. The Morgan fingerprint density at radius 1 is 1.18 bits per heavy atom. The fourth-order valence-electron chi connectivity index (χ4n) is 1.41. The van der Waals surface area contributed by atoms with E-state index in [9.17, 15) is 8.42 Å². The van der Waals surface area contributed by atoms with Crippen molar-refractivity contribution in [2.75, 3.05) is 0 Å². The number of aromatic amines is 1. The van der Waals surface area contributed by atoms with Gasteiger partial charge in [-0.05, 0) is 5.56 Å². The lowest BCUT2D eigenvalue weighted by molar-refractivity contribution is 0.580. The van der Waals surface area contributed by atoms with Crippen molar-refractivity contribution in [3.05, 3.63) is 53.9 Å². The number of benzene rings is 1. The van der Waals surface area contributed by atoms with Crippen molar-refractivity contribution in [1.82, 2.24) is 14.9 Å². The van der Waals surface area contributed by atoms with Crippen molar-refractivity contribution < 1.29 is 8.42 Å². The first-order valence-electron chi connectivity index (χ1n) is 5.15. The standard InChI is InChI=1S/C11H13N3O2S/c15-17(16,9-10-4-2-1-3-5-10)14-8-11-6-12-13-7-11/h1-7,14H,8-9H2,(H,12,13). The Hall–Kier alpha value is -1.66. The maximum atomic E-state index is 11.8. The van der Waals surface area contributed by atoms with E-state index in [1.54, 1.807) is 24.5 Å². The molecular weight excluding hydrogens is 238 g/mol. The molecule has 0 fully saturated rings. The fraction of sp³-hybridized carbons (Fsp3) is 0.182. The summed E-state index contributed by atoms with van der Waals surface area (Å²) in [6.07, 6.45) is 3.25. The van der Waals surface area contributed by atoms with Gasteiger partial charge in [0.1, 0.15) is 0 Å². The number of nitrogens with one attached hydrogen (secondary N) is 2. The van der Waals surface area contributed by atoms with Crippen LogP contribution in [0, 0.1) is 0 Å². The molecular formula is C11H13N3O2S. The number of H-pyrrole nitrogens is 1. The van der Waals surface area contributed by atoms with Crippen LogP contribution in [0.3, 0.4) is 0 Å². The predicted molar refractivity (Wildman–Crippen MR) is 64.5 cm³/mol. The van der Waals surface area contributed by atoms with Gasteiger partial charge in [-0.3, -0.25) is 5.10 Å². The van der Waals surface area contributed by atoms with Crippen LogP contribution in [0.5, 0.6) is 0 Å². The first-order valence-corrected chi connectivity index (χ1v) is 6.80. The zero-order valence-corrected chi connectivity index (χ0v) is 9.94. The smallest absolute Gasteiger partial charge is 0.216 e. The van der Waals surface area contributed by atoms with Crippen molar-refractivity contribution in [3.63, 3.8) is 0 Å². The monoisotopic (exact) mass is 251 g/mol. The maximum Gasteiger partial charge on any atom is 0.216 e. The predicted octanol–water partition coefficient (Wildman–Crippen LogP) is 1.03. The molecule has 1 aromatic heterocycles. The molecule has 1 aromatic carbocycles. The number of hydrogen-bond donors (Lipinski definition) is 2. The minimum absolute atomic E-state index is 0.00824. The first kappa shape index (κ1) is 11.8. The molecule has 0 atom stereocenters. The van der Waals surface area contributed by atoms with Gasteiger partial charge in [-0.1, -0.05) is 30.3 Å². The summed E-state index contributed by atoms with van der Waals surface area (Å²) in [4.78, 5) is 0. The van der Waals surface area contributed by atoms with E-state index in [0.29, 0.717) is 0 Å². The molecule has 0 saturated carbocycles. The largest absolute Gasteiger partial charge is 0.285 e. The van der Waals surface area contributed by atoms with Crippen LogP contribution < -0.4 is 4.72 Å². The Bertz CT molecular complexity index is 550. The molecule has 0 spiro atoms. The molecule has 0 aliphatic heterocycles. The minimum Gasteiger partial charge on any atom is -0.285 e. The van der Waals surface area contributed by atoms with E-state index in [-0.39, 0.29) is 12.3 Å². The highest BCUT2D eigenvalue weighted by Crippen LogP contribution is 2.04. The number of hydrogen-bond acceptors (Lipinski definition) is 3. The van der Waals surface area contributed by atoms with E-state index in [2.05, 4.69) is 14.9 Å². The van der Waals surface area contributed by atoms with Crippen molar-refractivity contribution >= 4 is 10.0 Å². The van der Waals surface area contributed by atoms with Crippen LogP contribution in [-0.2, 0) is 22.3 Å². The number of nitrogens with zero attached hydrogens (tertiary/aromatic N) is 1. The Labute approximate surface area is 99.9 Å². The van der Waals surface area contributed by atoms with Gasteiger partial charge in [0.05, 0.1) is 11.9 Å². The molecule has 90 valence electrons. The zero-order valence-electron chi connectivity index (χ0n) is 9.13. The van der Waals surface area contributed by atoms with Gasteiger partial charge in [0.25, 0.3) is 0 Å². The van der Waals surface area contributed by atoms with Crippen LogP contribution in [0.2, 0.25) is 0 Å². The van der Waals surface area contributed by atoms with Gasteiger partial charge >= 0.3 is 0 Å². The van der Waals surface area contributed by atoms with E-state index in [1.807, 2.05) is 18.2 Å². The maximum absolute atomic E-state index is 11.8. The third kappa shape index (κ3) is 3.69. The van der Waals surface area contributed by atoms with Crippen molar-refractivity contribution in [1.29, 1.82) is 0 Å². The minimum atomic E-state index is -3.30. The zero-order chi connectivity index (χ0) is 12.1. The molecule has 0 unspecified atom stereocenters. The molecule has 1 heterocycles. The second-order valence-corrected chi connectivity index (χ2v) is 5.48. The van der Waals surface area contributed by atoms with Crippen LogP contribution in [-0.4, -0.2) is 18.6 Å². The Morgan fingerprint density at radius 2 is 1.94 bits per heavy atom. The molecule has 0 bridgehead atoms. The first-order chi connectivity index (χ1) is 8.16. The fourth-order valence-corrected chi connectivity index (χ4v) is 2.53. The molecule has 0 radical (unpaired) electrons. The summed E-state index contributed by atoms with van der Waals surface area (Å²) in [5, 5.41) is 6.38. The van der Waals surface area contributed by atoms with Crippen molar-refractivity contribution in [3.8, 4) is 0 Å². The van der Waals surface area contributed by atoms with E-state index < -0.39 is 10.0 Å². The molecule has 0 aliphatic carbocycles. The summed E-state index contributed by atoms with van der Waals surface area (Å²) >= 11 is 0. The Balaban J connectivity index is 1.96. The summed E-state index contributed by atoms with van der Waals surface area (Å²) < 4.78 is 26.0. The highest BCUT2D eigenvalue weighted by molar-refractivity contribution is 7.88. The average molecular weight is 251 g/mol. The Kier molecular flexibility index (Phi) is 3.55. The SMILES string of the molecule is O=S(=O)(Cc1ccccc1)NCc1cn[nH]c1. The number of sulfonamides is 1. The van der Waals surface area contributed by atoms with E-state index in [4.69, 9.17) is 0 Å². The Morgan fingerprint density at radius 3 is 2.59 bits per heavy atom. The quantitative estimate of drug-likeness (QED) is 0.833. The summed E-state index contributed by atoms with van der Waals surface area (Å²) in [6.45, 7) is 0.256. The molecule has 0 aliphatic rings. The summed E-state index contributed by atoms with van der Waals surface area (Å²) in [6, 6.07) is 9.07. The molecule has 0 amide bonds. The van der Waals surface area contributed by atoms with Gasteiger partial charge in [-0.2, -0.15) is 5.10 Å². The third-order valence-corrected chi connectivity index (χ3v) is 3.55. The molecule has 5 nitrogen and oxygen atoms in total. The molecule has 17 heavy (non-hydrogen) atoms. The average Bonchev–Trinajstić information content (AvgIpc) is 2.80. The number of aromatic nitrogens is 2. The van der Waals surface area contributed by atoms with Gasteiger partial charge in [-0.25, -0.2) is 13.1 Å². The van der Waals surface area contributed by atoms with Gasteiger partial charge in [0, 0.05) is 18.3 Å². The second kappa shape index (κ2) is 5.11. The van der Waals surface area contributed by atoms with E-state index >= 15 is 0 Å². The van der Waals surface area contributed by atoms with Crippen LogP contribution >= 0.6 is 0 Å². The lowest BCUT2D eigenvalue weighted by atomic mass is 10.2. The third-order valence-electron chi connectivity index (χ3n) is 2.25. The normalized spacial score (nSPS) is 11.5. The van der Waals surface area contributed by atoms with Gasteiger partial charge in [0.15, 0.2) is 0 Å². The van der Waals surface area contributed by atoms with Crippen molar-refractivity contribution in [2.24, 2.45) is 0 Å². The second-order valence-electron chi connectivity index (χ2n) is 3.67. The summed E-state index contributed by atoms with van der Waals surface area (Å²) in [7, 11) is -3.30. The molecule has 2 rings (SSSR count). The van der Waals surface area contributed by atoms with E-state index in [1.165, 1.54) is 0 Å². The number of rotatable bonds is 5. The van der Waals surface area contributed by atoms with E-state index in [0.717, 1.165) is 11.1 Å². The lowest BCUT2D eigenvalue weighted by Gasteiger charge is -2.05.